The van der Waals surface area contributed by atoms with E-state index in [0.29, 0.717) is 30.3 Å². The molecule has 0 aliphatic heterocycles. The number of methoxy groups -OCH3 is 1. The summed E-state index contributed by atoms with van der Waals surface area (Å²) < 4.78 is 18.8. The highest BCUT2D eigenvalue weighted by molar-refractivity contribution is 6.30. The maximum Gasteiger partial charge on any atom is 0.257 e. The van der Waals surface area contributed by atoms with E-state index >= 15 is 0 Å². The van der Waals surface area contributed by atoms with Crippen LogP contribution in [-0.2, 0) is 17.8 Å². The minimum Gasteiger partial charge on any atom is -0.497 e. The molecule has 1 heterocycles. The summed E-state index contributed by atoms with van der Waals surface area (Å²) in [5.41, 5.74) is 2.01. The summed E-state index contributed by atoms with van der Waals surface area (Å²) in [7, 11) is 1.64. The lowest BCUT2D eigenvalue weighted by atomic mass is 10.3. The number of nitrogens with one attached hydrogen (secondary N) is 1. The van der Waals surface area contributed by atoms with Gasteiger partial charge < -0.3 is 24.1 Å². The van der Waals surface area contributed by atoms with Crippen LogP contribution in [0.2, 0.25) is 5.02 Å². The van der Waals surface area contributed by atoms with E-state index in [9.17, 15) is 4.79 Å². The Balaban J connectivity index is 1.29. The van der Waals surface area contributed by atoms with Crippen molar-refractivity contribution in [3.05, 3.63) is 83.6 Å². The summed E-state index contributed by atoms with van der Waals surface area (Å²) in [5.74, 6) is 2.89. The van der Waals surface area contributed by atoms with E-state index in [2.05, 4.69) is 16.0 Å². The molecule has 0 spiro atoms. The van der Waals surface area contributed by atoms with Crippen molar-refractivity contribution in [2.45, 2.75) is 19.4 Å². The normalized spacial score (nSPS) is 10.8. The van der Waals surface area contributed by atoms with Gasteiger partial charge in [-0.3, -0.25) is 4.79 Å². The van der Waals surface area contributed by atoms with E-state index in [4.69, 9.17) is 30.8 Å². The van der Waals surface area contributed by atoms with Gasteiger partial charge in [0.05, 0.1) is 24.8 Å². The first-order chi connectivity index (χ1) is 17.1. The number of nitrogens with zero attached hydrogens (tertiary/aromatic N) is 2. The molecule has 0 aliphatic rings. The fraction of sp³-hybridized carbons (Fsp3) is 0.259. The van der Waals surface area contributed by atoms with Crippen molar-refractivity contribution in [2.75, 3.05) is 26.9 Å². The fourth-order valence-electron chi connectivity index (χ4n) is 3.71. The summed E-state index contributed by atoms with van der Waals surface area (Å²) in [6.45, 7) is 1.73. The first kappa shape index (κ1) is 24.4. The number of rotatable bonds is 12. The maximum atomic E-state index is 12.2. The molecule has 1 amide bonds. The number of amides is 1. The number of halogens is 1. The van der Waals surface area contributed by atoms with E-state index in [1.165, 1.54) is 0 Å². The largest absolute Gasteiger partial charge is 0.497 e. The van der Waals surface area contributed by atoms with E-state index in [0.717, 1.165) is 41.3 Å². The van der Waals surface area contributed by atoms with Gasteiger partial charge in [-0.05, 0) is 55.0 Å². The highest BCUT2D eigenvalue weighted by Gasteiger charge is 2.11. The topological polar surface area (TPSA) is 74.6 Å². The smallest absolute Gasteiger partial charge is 0.257 e. The Bertz CT molecular complexity index is 1260. The van der Waals surface area contributed by atoms with Gasteiger partial charge in [-0.15, -0.1) is 0 Å². The van der Waals surface area contributed by atoms with Crippen molar-refractivity contribution in [3.8, 4) is 17.2 Å². The molecule has 0 aliphatic carbocycles. The highest BCUT2D eigenvalue weighted by Crippen LogP contribution is 2.20. The second-order valence-electron chi connectivity index (χ2n) is 7.89. The van der Waals surface area contributed by atoms with Crippen molar-refractivity contribution in [3.63, 3.8) is 0 Å². The molecule has 0 bridgehead atoms. The lowest BCUT2D eigenvalue weighted by Crippen LogP contribution is -2.31. The molecule has 0 fully saturated rings. The van der Waals surface area contributed by atoms with Gasteiger partial charge in [0.1, 0.15) is 23.1 Å². The molecule has 0 atom stereocenters. The Morgan fingerprint density at radius 2 is 1.77 bits per heavy atom. The van der Waals surface area contributed by atoms with Crippen LogP contribution in [0.5, 0.6) is 17.2 Å². The second kappa shape index (κ2) is 12.1. The number of para-hydroxylation sites is 2. The van der Waals surface area contributed by atoms with Gasteiger partial charge >= 0.3 is 0 Å². The number of carbonyl (C=O) groups is 1. The first-order valence-corrected chi connectivity index (χ1v) is 11.9. The number of aryl methyl sites for hydroxylation is 1. The highest BCUT2D eigenvalue weighted by atomic mass is 35.5. The Kier molecular flexibility index (Phi) is 8.46. The average molecular weight is 494 g/mol. The van der Waals surface area contributed by atoms with Crippen molar-refractivity contribution < 1.29 is 19.0 Å². The molecule has 1 aromatic heterocycles. The predicted octanol–water partition coefficient (Wildman–Crippen LogP) is 4.91. The van der Waals surface area contributed by atoms with Gasteiger partial charge in [0, 0.05) is 30.6 Å². The maximum absolute atomic E-state index is 12.2. The number of carbonyl (C=O) groups excluding carboxylic acids is 1. The van der Waals surface area contributed by atoms with Crippen LogP contribution in [0.4, 0.5) is 0 Å². The van der Waals surface area contributed by atoms with E-state index in [-0.39, 0.29) is 12.5 Å². The lowest BCUT2D eigenvalue weighted by molar-refractivity contribution is -0.123. The molecule has 3 aromatic carbocycles. The molecule has 0 unspecified atom stereocenters. The van der Waals surface area contributed by atoms with Crippen molar-refractivity contribution in [2.24, 2.45) is 0 Å². The zero-order valence-corrected chi connectivity index (χ0v) is 20.3. The molecule has 8 heteroatoms. The van der Waals surface area contributed by atoms with Crippen LogP contribution < -0.4 is 19.5 Å². The molecule has 0 saturated heterocycles. The van der Waals surface area contributed by atoms with Crippen LogP contribution in [0, 0.1) is 0 Å². The zero-order valence-electron chi connectivity index (χ0n) is 19.6. The average Bonchev–Trinajstić information content (AvgIpc) is 3.23. The van der Waals surface area contributed by atoms with Crippen molar-refractivity contribution in [1.29, 1.82) is 0 Å². The minimum absolute atomic E-state index is 0.0559. The van der Waals surface area contributed by atoms with Gasteiger partial charge in [-0.25, -0.2) is 4.98 Å². The molecular formula is C27H28ClN3O4. The molecule has 35 heavy (non-hydrogen) atoms. The third-order valence-corrected chi connectivity index (χ3v) is 5.68. The molecule has 4 rings (SSSR count). The van der Waals surface area contributed by atoms with Crippen molar-refractivity contribution in [1.82, 2.24) is 14.9 Å². The van der Waals surface area contributed by atoms with Crippen molar-refractivity contribution >= 4 is 28.5 Å². The van der Waals surface area contributed by atoms with E-state index < -0.39 is 0 Å². The second-order valence-corrected chi connectivity index (χ2v) is 8.33. The lowest BCUT2D eigenvalue weighted by Gasteiger charge is -2.12. The summed E-state index contributed by atoms with van der Waals surface area (Å²) in [6.07, 6.45) is 1.42. The van der Waals surface area contributed by atoms with Crippen LogP contribution >= 0.6 is 11.6 Å². The number of imidazole rings is 1. The summed E-state index contributed by atoms with van der Waals surface area (Å²) in [4.78, 5) is 17.0. The van der Waals surface area contributed by atoms with Gasteiger partial charge in [0.25, 0.3) is 5.91 Å². The van der Waals surface area contributed by atoms with Crippen LogP contribution in [0.15, 0.2) is 72.8 Å². The number of hydrogen-bond acceptors (Lipinski definition) is 5. The van der Waals surface area contributed by atoms with Crippen LogP contribution in [0.1, 0.15) is 12.2 Å². The number of fused-ring (bicyclic) bond motifs is 1. The molecule has 0 radical (unpaired) electrons. The van der Waals surface area contributed by atoms with Gasteiger partial charge in [0.15, 0.2) is 6.61 Å². The molecule has 1 N–H and O–H groups in total. The standard InChI is InChI=1S/C27H28ClN3O4/c1-33-22-6-4-7-23(18-22)34-17-5-16-31-25-9-3-2-8-24(25)30-26(31)14-15-29-27(32)19-35-21-12-10-20(28)11-13-21/h2-4,6-13,18H,5,14-17,19H2,1H3,(H,29,32). The third kappa shape index (κ3) is 6.90. The van der Waals surface area contributed by atoms with Gasteiger partial charge in [-0.1, -0.05) is 29.8 Å². The first-order valence-electron chi connectivity index (χ1n) is 11.5. The minimum atomic E-state index is -0.186. The Morgan fingerprint density at radius 1 is 0.971 bits per heavy atom. The molecule has 4 aromatic rings. The number of ether oxygens (including phenoxy) is 3. The van der Waals surface area contributed by atoms with Crippen LogP contribution in [-0.4, -0.2) is 42.3 Å². The molecule has 7 nitrogen and oxygen atoms in total. The SMILES string of the molecule is COc1cccc(OCCCn2c(CCNC(=O)COc3ccc(Cl)cc3)nc3ccccc32)c1. The van der Waals surface area contributed by atoms with E-state index in [1.54, 1.807) is 31.4 Å². The number of benzene rings is 3. The zero-order chi connectivity index (χ0) is 24.5. The Morgan fingerprint density at radius 3 is 2.60 bits per heavy atom. The fourth-order valence-corrected chi connectivity index (χ4v) is 3.84. The predicted molar refractivity (Wildman–Crippen MR) is 136 cm³/mol. The monoisotopic (exact) mass is 493 g/mol. The summed E-state index contributed by atoms with van der Waals surface area (Å²) in [5, 5.41) is 3.53. The van der Waals surface area contributed by atoms with Gasteiger partial charge in [0.2, 0.25) is 0 Å². The Hall–Kier alpha value is -3.71. The summed E-state index contributed by atoms with van der Waals surface area (Å²) >= 11 is 5.87. The third-order valence-electron chi connectivity index (χ3n) is 5.42. The number of aromatic nitrogens is 2. The summed E-state index contributed by atoms with van der Waals surface area (Å²) in [6, 6.07) is 22.5. The Labute approximate surface area is 209 Å². The van der Waals surface area contributed by atoms with Gasteiger partial charge in [-0.2, -0.15) is 0 Å². The number of hydrogen-bond donors (Lipinski definition) is 1. The van der Waals surface area contributed by atoms with Crippen LogP contribution in [0.25, 0.3) is 11.0 Å². The molecular weight excluding hydrogens is 466 g/mol. The van der Waals surface area contributed by atoms with E-state index in [1.807, 2.05) is 42.5 Å². The molecule has 182 valence electrons. The van der Waals surface area contributed by atoms with Crippen LogP contribution in [0.3, 0.4) is 0 Å². The quantitative estimate of drug-likeness (QED) is 0.284. The molecule has 0 saturated carbocycles.